The molecular formula is C24H21F3N2O4. The Kier molecular flexibility index (Phi) is 5.90. The average molecular weight is 458 g/mol. The van der Waals surface area contributed by atoms with Crippen LogP contribution in [0.15, 0.2) is 72.9 Å². The molecule has 3 aromatic carbocycles. The third kappa shape index (κ3) is 4.31. The molecule has 0 spiro atoms. The lowest BCUT2D eigenvalue weighted by Gasteiger charge is -2.31. The molecule has 172 valence electrons. The van der Waals surface area contributed by atoms with E-state index in [1.807, 2.05) is 30.3 Å². The molecule has 9 heteroatoms. The van der Waals surface area contributed by atoms with Crippen molar-refractivity contribution in [2.24, 2.45) is 0 Å². The number of aromatic nitrogens is 2. The first-order chi connectivity index (χ1) is 15.7. The highest BCUT2D eigenvalue weighted by atomic mass is 19.4. The number of alkyl halides is 3. The van der Waals surface area contributed by atoms with E-state index in [1.54, 1.807) is 10.7 Å². The SMILES string of the molecule is COc1cc(OC)cc(OCC(O)(c2ccc3c(cnn3-c3ccccc3)c2)C(F)(F)F)c1. The molecule has 33 heavy (non-hydrogen) atoms. The Morgan fingerprint density at radius 3 is 2.12 bits per heavy atom. The summed E-state index contributed by atoms with van der Waals surface area (Å²) in [5.74, 6) is 0.746. The summed E-state index contributed by atoms with van der Waals surface area (Å²) in [5, 5.41) is 15.5. The van der Waals surface area contributed by atoms with Crippen molar-refractivity contribution in [3.05, 3.63) is 78.5 Å². The molecule has 0 aliphatic rings. The van der Waals surface area contributed by atoms with Gasteiger partial charge in [-0.3, -0.25) is 0 Å². The van der Waals surface area contributed by atoms with Gasteiger partial charge in [-0.05, 0) is 29.8 Å². The van der Waals surface area contributed by atoms with Crippen LogP contribution in [0.1, 0.15) is 5.56 Å². The fourth-order valence-corrected chi connectivity index (χ4v) is 3.45. The summed E-state index contributed by atoms with van der Waals surface area (Å²) < 4.78 is 59.4. The summed E-state index contributed by atoms with van der Waals surface area (Å²) in [6.45, 7) is -1.06. The van der Waals surface area contributed by atoms with Gasteiger partial charge in [0, 0.05) is 23.6 Å². The van der Waals surface area contributed by atoms with Gasteiger partial charge in [0.1, 0.15) is 23.9 Å². The minimum absolute atomic E-state index is 0.0619. The first kappa shape index (κ1) is 22.5. The molecule has 1 atom stereocenters. The first-order valence-electron chi connectivity index (χ1n) is 9.94. The van der Waals surface area contributed by atoms with Crippen LogP contribution in [0.2, 0.25) is 0 Å². The van der Waals surface area contributed by atoms with Crippen LogP contribution in [0.5, 0.6) is 17.2 Å². The minimum atomic E-state index is -5.00. The summed E-state index contributed by atoms with van der Waals surface area (Å²) in [6.07, 6.45) is -3.55. The van der Waals surface area contributed by atoms with Crippen molar-refractivity contribution < 1.29 is 32.5 Å². The third-order valence-electron chi connectivity index (χ3n) is 5.29. The van der Waals surface area contributed by atoms with Crippen LogP contribution in [0.3, 0.4) is 0 Å². The molecule has 0 saturated heterocycles. The molecule has 1 heterocycles. The quantitative estimate of drug-likeness (QED) is 0.428. The maximum Gasteiger partial charge on any atom is 0.424 e. The average Bonchev–Trinajstić information content (AvgIpc) is 3.25. The normalized spacial score (nSPS) is 13.5. The molecule has 1 N–H and O–H groups in total. The van der Waals surface area contributed by atoms with Crippen LogP contribution < -0.4 is 14.2 Å². The number of methoxy groups -OCH3 is 2. The lowest BCUT2D eigenvalue weighted by atomic mass is 9.93. The maximum absolute atomic E-state index is 14.1. The van der Waals surface area contributed by atoms with E-state index in [4.69, 9.17) is 14.2 Å². The zero-order valence-corrected chi connectivity index (χ0v) is 17.8. The second-order valence-electron chi connectivity index (χ2n) is 7.36. The molecule has 1 aromatic heterocycles. The third-order valence-corrected chi connectivity index (χ3v) is 5.29. The lowest BCUT2D eigenvalue weighted by molar-refractivity contribution is -0.275. The van der Waals surface area contributed by atoms with Crippen molar-refractivity contribution in [1.29, 1.82) is 0 Å². The van der Waals surface area contributed by atoms with E-state index in [0.717, 1.165) is 5.69 Å². The largest absolute Gasteiger partial charge is 0.496 e. The van der Waals surface area contributed by atoms with Gasteiger partial charge in [-0.2, -0.15) is 18.3 Å². The Hall–Kier alpha value is -3.72. The van der Waals surface area contributed by atoms with Crippen molar-refractivity contribution >= 4 is 10.9 Å². The number of ether oxygens (including phenoxy) is 3. The van der Waals surface area contributed by atoms with Gasteiger partial charge in [0.25, 0.3) is 0 Å². The Balaban J connectivity index is 1.68. The topological polar surface area (TPSA) is 65.7 Å². The number of aliphatic hydroxyl groups is 1. The molecule has 0 fully saturated rings. The molecule has 4 aromatic rings. The van der Waals surface area contributed by atoms with Crippen LogP contribution in [-0.4, -0.2) is 41.9 Å². The number of para-hydroxylation sites is 1. The van der Waals surface area contributed by atoms with E-state index in [-0.39, 0.29) is 11.3 Å². The molecule has 0 aliphatic heterocycles. The second kappa shape index (κ2) is 8.67. The molecule has 0 radical (unpaired) electrons. The molecule has 0 aliphatic carbocycles. The Labute approximate surface area is 187 Å². The smallest absolute Gasteiger partial charge is 0.424 e. The number of benzene rings is 3. The van der Waals surface area contributed by atoms with Crippen LogP contribution in [-0.2, 0) is 5.60 Å². The first-order valence-corrected chi connectivity index (χ1v) is 9.94. The summed E-state index contributed by atoms with van der Waals surface area (Å²) in [5.41, 5.74) is -2.24. The van der Waals surface area contributed by atoms with Gasteiger partial charge in [-0.15, -0.1) is 0 Å². The van der Waals surface area contributed by atoms with Gasteiger partial charge in [-0.25, -0.2) is 4.68 Å². The fraction of sp³-hybridized carbons (Fsp3) is 0.208. The monoisotopic (exact) mass is 458 g/mol. The van der Waals surface area contributed by atoms with Crippen molar-refractivity contribution in [3.63, 3.8) is 0 Å². The van der Waals surface area contributed by atoms with Gasteiger partial charge < -0.3 is 19.3 Å². The van der Waals surface area contributed by atoms with Crippen LogP contribution in [0.25, 0.3) is 16.6 Å². The Morgan fingerprint density at radius 2 is 1.52 bits per heavy atom. The summed E-state index contributed by atoms with van der Waals surface area (Å²) >= 11 is 0. The molecule has 1 unspecified atom stereocenters. The summed E-state index contributed by atoms with van der Waals surface area (Å²) in [6, 6.07) is 17.6. The molecule has 6 nitrogen and oxygen atoms in total. The van der Waals surface area contributed by atoms with E-state index >= 15 is 0 Å². The van der Waals surface area contributed by atoms with E-state index in [9.17, 15) is 18.3 Å². The van der Waals surface area contributed by atoms with Gasteiger partial charge >= 0.3 is 6.18 Å². The number of hydrogen-bond acceptors (Lipinski definition) is 5. The van der Waals surface area contributed by atoms with Crippen LogP contribution >= 0.6 is 0 Å². The van der Waals surface area contributed by atoms with Gasteiger partial charge in [-0.1, -0.05) is 24.3 Å². The van der Waals surface area contributed by atoms with Crippen molar-refractivity contribution in [2.75, 3.05) is 20.8 Å². The van der Waals surface area contributed by atoms with Crippen molar-refractivity contribution in [1.82, 2.24) is 9.78 Å². The number of nitrogens with zero attached hydrogens (tertiary/aromatic N) is 2. The maximum atomic E-state index is 14.1. The predicted octanol–water partition coefficient (Wildman–Crippen LogP) is 4.87. The molecule has 4 rings (SSSR count). The Morgan fingerprint density at radius 1 is 0.879 bits per heavy atom. The van der Waals surface area contributed by atoms with Crippen LogP contribution in [0.4, 0.5) is 13.2 Å². The second-order valence-corrected chi connectivity index (χ2v) is 7.36. The summed E-state index contributed by atoms with van der Waals surface area (Å²) in [4.78, 5) is 0. The molecule has 0 amide bonds. The zero-order chi connectivity index (χ0) is 23.6. The highest BCUT2D eigenvalue weighted by molar-refractivity contribution is 5.81. The minimum Gasteiger partial charge on any atom is -0.496 e. The molecule has 0 bridgehead atoms. The van der Waals surface area contributed by atoms with Crippen molar-refractivity contribution in [3.8, 4) is 22.9 Å². The molecular weight excluding hydrogens is 437 g/mol. The van der Waals surface area contributed by atoms with Crippen LogP contribution in [0, 0.1) is 0 Å². The highest BCUT2D eigenvalue weighted by Crippen LogP contribution is 2.41. The number of rotatable bonds is 7. The zero-order valence-electron chi connectivity index (χ0n) is 17.8. The lowest BCUT2D eigenvalue weighted by Crippen LogP contribution is -2.47. The highest BCUT2D eigenvalue weighted by Gasteiger charge is 2.56. The number of halogens is 3. The van der Waals surface area contributed by atoms with Gasteiger partial charge in [0.15, 0.2) is 0 Å². The predicted molar refractivity (Wildman–Crippen MR) is 116 cm³/mol. The number of hydrogen-bond donors (Lipinski definition) is 1. The number of fused-ring (bicyclic) bond motifs is 1. The Bertz CT molecular complexity index is 1240. The van der Waals surface area contributed by atoms with E-state index in [1.165, 1.54) is 50.7 Å². The summed E-state index contributed by atoms with van der Waals surface area (Å²) in [7, 11) is 2.82. The fourth-order valence-electron chi connectivity index (χ4n) is 3.45. The van der Waals surface area contributed by atoms with Gasteiger partial charge in [0.2, 0.25) is 5.60 Å². The van der Waals surface area contributed by atoms with Gasteiger partial charge in [0.05, 0.1) is 31.6 Å². The van der Waals surface area contributed by atoms with E-state index < -0.39 is 18.4 Å². The van der Waals surface area contributed by atoms with E-state index in [0.29, 0.717) is 22.4 Å². The van der Waals surface area contributed by atoms with Crippen molar-refractivity contribution in [2.45, 2.75) is 11.8 Å². The molecule has 0 saturated carbocycles. The van der Waals surface area contributed by atoms with E-state index in [2.05, 4.69) is 5.10 Å². The standard InChI is InChI=1S/C24H21F3N2O4/c1-31-19-11-20(32-2)13-21(12-19)33-15-23(30,24(25,26)27)17-8-9-22-16(10-17)14-28-29(22)18-6-4-3-5-7-18/h3-14,30H,15H2,1-2H3.